The molecule has 142 valence electrons. The Labute approximate surface area is 155 Å². The molecule has 0 bridgehead atoms. The Morgan fingerprint density at radius 3 is 2.38 bits per heavy atom. The number of ether oxygens (including phenoxy) is 3. The molecule has 0 unspecified atom stereocenters. The van der Waals surface area contributed by atoms with E-state index in [0.29, 0.717) is 17.4 Å². The van der Waals surface area contributed by atoms with Gasteiger partial charge >= 0.3 is 0 Å². The van der Waals surface area contributed by atoms with Crippen LogP contribution in [0.5, 0.6) is 17.4 Å². The van der Waals surface area contributed by atoms with Gasteiger partial charge in [-0.05, 0) is 25.0 Å². The number of hydrogen-bond acceptors (Lipinski definition) is 6. The lowest BCUT2D eigenvalue weighted by molar-refractivity contribution is 0.393. The minimum Gasteiger partial charge on any atom is -0.497 e. The van der Waals surface area contributed by atoms with E-state index < -0.39 is 0 Å². The summed E-state index contributed by atoms with van der Waals surface area (Å²) in [5.74, 6) is 2.61. The minimum absolute atomic E-state index is 0.492. The number of nitrogens with zero attached hydrogens (tertiary/aromatic N) is 2. The van der Waals surface area contributed by atoms with Crippen LogP contribution >= 0.6 is 0 Å². The highest BCUT2D eigenvalue weighted by Crippen LogP contribution is 2.36. The van der Waals surface area contributed by atoms with Crippen LogP contribution in [0.3, 0.4) is 0 Å². The third-order valence-corrected chi connectivity index (χ3v) is 4.20. The summed E-state index contributed by atoms with van der Waals surface area (Å²) in [6.45, 7) is 5.11. The second kappa shape index (κ2) is 9.85. The molecule has 0 radical (unpaired) electrons. The summed E-state index contributed by atoms with van der Waals surface area (Å²) in [6, 6.07) is 5.68. The molecule has 0 fully saturated rings. The Bertz CT molecular complexity index is 720. The van der Waals surface area contributed by atoms with E-state index in [9.17, 15) is 0 Å². The number of aromatic nitrogens is 2. The topological polar surface area (TPSA) is 65.5 Å². The largest absolute Gasteiger partial charge is 0.497 e. The third-order valence-electron chi connectivity index (χ3n) is 4.20. The summed E-state index contributed by atoms with van der Waals surface area (Å²) in [6.07, 6.45) is 4.22. The maximum Gasteiger partial charge on any atom is 0.257 e. The molecule has 2 rings (SSSR count). The second-order valence-corrected chi connectivity index (χ2v) is 5.93. The van der Waals surface area contributed by atoms with E-state index in [1.165, 1.54) is 12.8 Å². The average Bonchev–Trinajstić information content (AvgIpc) is 2.70. The number of benzene rings is 1. The maximum absolute atomic E-state index is 5.53. The molecular weight excluding hydrogens is 330 g/mol. The SMILES string of the molecule is CCCCCNc1nc(CC)c(-c2ccc(OC)cc2OC)nc1OC. The zero-order valence-corrected chi connectivity index (χ0v) is 16.4. The van der Waals surface area contributed by atoms with Crippen molar-refractivity contribution in [2.24, 2.45) is 0 Å². The van der Waals surface area contributed by atoms with Gasteiger partial charge in [0.05, 0.1) is 32.7 Å². The molecule has 0 atom stereocenters. The number of rotatable bonds is 10. The molecule has 0 aliphatic carbocycles. The Morgan fingerprint density at radius 2 is 1.77 bits per heavy atom. The molecule has 0 spiro atoms. The fourth-order valence-electron chi connectivity index (χ4n) is 2.75. The van der Waals surface area contributed by atoms with Gasteiger partial charge in [0, 0.05) is 18.2 Å². The van der Waals surface area contributed by atoms with Crippen LogP contribution in [0.4, 0.5) is 5.82 Å². The van der Waals surface area contributed by atoms with Gasteiger partial charge in [0.25, 0.3) is 5.88 Å². The molecule has 0 saturated carbocycles. The summed E-state index contributed by atoms with van der Waals surface area (Å²) in [5, 5.41) is 3.35. The zero-order valence-electron chi connectivity index (χ0n) is 16.4. The molecule has 2 aromatic rings. The first kappa shape index (κ1) is 19.8. The summed E-state index contributed by atoms with van der Waals surface area (Å²) >= 11 is 0. The smallest absolute Gasteiger partial charge is 0.257 e. The van der Waals surface area contributed by atoms with Crippen LogP contribution in [0.1, 0.15) is 38.8 Å². The molecule has 0 aliphatic heterocycles. The fraction of sp³-hybridized carbons (Fsp3) is 0.500. The molecular formula is C20H29N3O3. The van der Waals surface area contributed by atoms with E-state index in [-0.39, 0.29) is 0 Å². The summed E-state index contributed by atoms with van der Waals surface area (Å²) in [4.78, 5) is 9.50. The molecule has 6 heteroatoms. The van der Waals surface area contributed by atoms with Crippen LogP contribution < -0.4 is 19.5 Å². The van der Waals surface area contributed by atoms with Gasteiger partial charge in [-0.15, -0.1) is 0 Å². The molecule has 0 amide bonds. The molecule has 1 aromatic heterocycles. The van der Waals surface area contributed by atoms with E-state index in [0.717, 1.165) is 42.1 Å². The van der Waals surface area contributed by atoms with Crippen LogP contribution in [0.2, 0.25) is 0 Å². The van der Waals surface area contributed by atoms with E-state index in [1.54, 1.807) is 21.3 Å². The first-order chi connectivity index (χ1) is 12.7. The van der Waals surface area contributed by atoms with Crippen molar-refractivity contribution >= 4 is 5.82 Å². The van der Waals surface area contributed by atoms with Crippen molar-refractivity contribution in [3.63, 3.8) is 0 Å². The molecule has 26 heavy (non-hydrogen) atoms. The maximum atomic E-state index is 5.53. The average molecular weight is 359 g/mol. The van der Waals surface area contributed by atoms with Gasteiger partial charge in [0.15, 0.2) is 5.82 Å². The molecule has 0 saturated heterocycles. The highest BCUT2D eigenvalue weighted by atomic mass is 16.5. The van der Waals surface area contributed by atoms with Crippen molar-refractivity contribution in [3.05, 3.63) is 23.9 Å². The lowest BCUT2D eigenvalue weighted by Gasteiger charge is -2.16. The van der Waals surface area contributed by atoms with Gasteiger partial charge in [-0.1, -0.05) is 26.7 Å². The van der Waals surface area contributed by atoms with Crippen LogP contribution in [0, 0.1) is 0 Å². The van der Waals surface area contributed by atoms with E-state index >= 15 is 0 Å². The van der Waals surface area contributed by atoms with Crippen molar-refractivity contribution in [1.29, 1.82) is 0 Å². The predicted octanol–water partition coefficient (Wildman–Crippen LogP) is 4.33. The van der Waals surface area contributed by atoms with Gasteiger partial charge in [-0.25, -0.2) is 9.97 Å². The molecule has 1 N–H and O–H groups in total. The highest BCUT2D eigenvalue weighted by molar-refractivity contribution is 5.72. The monoisotopic (exact) mass is 359 g/mol. The molecule has 1 aromatic carbocycles. The second-order valence-electron chi connectivity index (χ2n) is 5.93. The fourth-order valence-corrected chi connectivity index (χ4v) is 2.75. The quantitative estimate of drug-likeness (QED) is 0.637. The van der Waals surface area contributed by atoms with Gasteiger partial charge < -0.3 is 19.5 Å². The Balaban J connectivity index is 2.43. The first-order valence-electron chi connectivity index (χ1n) is 9.09. The first-order valence-corrected chi connectivity index (χ1v) is 9.09. The zero-order chi connectivity index (χ0) is 18.9. The Kier molecular flexibility index (Phi) is 7.51. The van der Waals surface area contributed by atoms with Crippen LogP contribution in [0.15, 0.2) is 18.2 Å². The number of methoxy groups -OCH3 is 3. The Hall–Kier alpha value is -2.50. The molecule has 6 nitrogen and oxygen atoms in total. The Morgan fingerprint density at radius 1 is 0.962 bits per heavy atom. The number of anilines is 1. The van der Waals surface area contributed by atoms with Crippen molar-refractivity contribution in [2.45, 2.75) is 39.5 Å². The predicted molar refractivity (Wildman–Crippen MR) is 105 cm³/mol. The normalized spacial score (nSPS) is 10.5. The molecule has 0 aliphatic rings. The molecule has 1 heterocycles. The van der Waals surface area contributed by atoms with E-state index in [4.69, 9.17) is 24.2 Å². The van der Waals surface area contributed by atoms with E-state index in [2.05, 4.69) is 19.2 Å². The number of hydrogen-bond donors (Lipinski definition) is 1. The van der Waals surface area contributed by atoms with Gasteiger partial charge in [-0.3, -0.25) is 0 Å². The summed E-state index contributed by atoms with van der Waals surface area (Å²) in [5.41, 5.74) is 2.53. The van der Waals surface area contributed by atoms with Crippen LogP contribution in [-0.2, 0) is 6.42 Å². The lowest BCUT2D eigenvalue weighted by atomic mass is 10.1. The van der Waals surface area contributed by atoms with Gasteiger partial charge in [0.2, 0.25) is 0 Å². The van der Waals surface area contributed by atoms with Crippen LogP contribution in [0.25, 0.3) is 11.3 Å². The number of aryl methyl sites for hydroxylation is 1. The number of nitrogens with one attached hydrogen (secondary N) is 1. The van der Waals surface area contributed by atoms with Crippen molar-refractivity contribution in [2.75, 3.05) is 33.2 Å². The number of unbranched alkanes of at least 4 members (excludes halogenated alkanes) is 2. The van der Waals surface area contributed by atoms with Crippen molar-refractivity contribution in [1.82, 2.24) is 9.97 Å². The van der Waals surface area contributed by atoms with Crippen molar-refractivity contribution < 1.29 is 14.2 Å². The standard InChI is InChI=1S/C20H29N3O3/c1-6-8-9-12-21-19-20(26-5)23-18(16(7-2)22-19)15-11-10-14(24-3)13-17(15)25-4/h10-11,13H,6-9,12H2,1-5H3,(H,21,22). The van der Waals surface area contributed by atoms with Crippen LogP contribution in [-0.4, -0.2) is 37.8 Å². The van der Waals surface area contributed by atoms with E-state index in [1.807, 2.05) is 18.2 Å². The lowest BCUT2D eigenvalue weighted by Crippen LogP contribution is -2.09. The van der Waals surface area contributed by atoms with Crippen molar-refractivity contribution in [3.8, 4) is 28.6 Å². The highest BCUT2D eigenvalue weighted by Gasteiger charge is 2.18. The minimum atomic E-state index is 0.492. The summed E-state index contributed by atoms with van der Waals surface area (Å²) in [7, 11) is 4.88. The third kappa shape index (κ3) is 4.56. The summed E-state index contributed by atoms with van der Waals surface area (Å²) < 4.78 is 16.3. The van der Waals surface area contributed by atoms with Gasteiger partial charge in [-0.2, -0.15) is 0 Å². The van der Waals surface area contributed by atoms with Gasteiger partial charge in [0.1, 0.15) is 11.5 Å².